The van der Waals surface area contributed by atoms with Crippen LogP contribution in [0.15, 0.2) is 47.4 Å². The minimum absolute atomic E-state index is 0.0337. The van der Waals surface area contributed by atoms with Crippen LogP contribution in [0, 0.1) is 6.92 Å². The van der Waals surface area contributed by atoms with Crippen molar-refractivity contribution < 1.29 is 17.9 Å². The molecule has 2 heterocycles. The summed E-state index contributed by atoms with van der Waals surface area (Å²) in [7, 11) is -2.51. The topological polar surface area (TPSA) is 101 Å². The molecule has 1 aliphatic rings. The van der Waals surface area contributed by atoms with Gasteiger partial charge in [0.2, 0.25) is 5.13 Å². The molecule has 8 nitrogen and oxygen atoms in total. The number of carbonyl (C=O) groups excluding carboxylic acids is 1. The molecule has 2 aromatic carbocycles. The number of methoxy groups -OCH3 is 1. The first kappa shape index (κ1) is 23.2. The zero-order valence-electron chi connectivity index (χ0n) is 18.6. The van der Waals surface area contributed by atoms with Crippen LogP contribution in [0.25, 0.3) is 10.6 Å². The molecular formula is C23H26N4O4S2. The Morgan fingerprint density at radius 3 is 2.39 bits per heavy atom. The van der Waals surface area contributed by atoms with Crippen LogP contribution in [0.4, 0.5) is 5.13 Å². The number of sulfonamides is 1. The number of likely N-dealkylation sites (tertiary alicyclic amines) is 1. The number of aromatic nitrogens is 2. The molecule has 1 fully saturated rings. The zero-order valence-corrected chi connectivity index (χ0v) is 20.2. The highest BCUT2D eigenvalue weighted by molar-refractivity contribution is 7.93. The van der Waals surface area contributed by atoms with E-state index in [1.54, 1.807) is 4.90 Å². The Bertz CT molecular complexity index is 1230. The standard InChI is InChI=1S/C23H26N4O4S2/c1-16-7-9-17(10-8-16)21-24-25-23(32-21)26-33(29,30)18-11-12-20(31-2)19(15-18)22(28)27-13-5-3-4-6-14-27/h7-12,15H,3-6,13-14H2,1-2H3,(H,25,26). The first-order chi connectivity index (χ1) is 15.9. The molecular weight excluding hydrogens is 460 g/mol. The van der Waals surface area contributed by atoms with Crippen LogP contribution in [0.3, 0.4) is 0 Å². The third-order valence-corrected chi connectivity index (χ3v) is 7.90. The first-order valence-electron chi connectivity index (χ1n) is 10.8. The molecule has 0 radical (unpaired) electrons. The van der Waals surface area contributed by atoms with Crippen LogP contribution in [0.1, 0.15) is 41.6 Å². The van der Waals surface area contributed by atoms with E-state index >= 15 is 0 Å². The Morgan fingerprint density at radius 1 is 1.03 bits per heavy atom. The maximum atomic E-state index is 13.2. The van der Waals surface area contributed by atoms with E-state index in [0.29, 0.717) is 23.8 Å². The molecule has 0 spiro atoms. The van der Waals surface area contributed by atoms with Crippen LogP contribution in [-0.2, 0) is 10.0 Å². The summed E-state index contributed by atoms with van der Waals surface area (Å²) in [6, 6.07) is 12.0. The molecule has 4 rings (SSSR count). The van der Waals surface area contributed by atoms with Crippen molar-refractivity contribution in [3.63, 3.8) is 0 Å². The lowest BCUT2D eigenvalue weighted by atomic mass is 10.1. The SMILES string of the molecule is COc1ccc(S(=O)(=O)Nc2nnc(-c3ccc(C)cc3)s2)cc1C(=O)N1CCCCCC1. The molecule has 3 aromatic rings. The lowest BCUT2D eigenvalue weighted by molar-refractivity contribution is 0.0758. The second-order valence-corrected chi connectivity index (χ2v) is 10.6. The number of amides is 1. The zero-order chi connectivity index (χ0) is 23.4. The number of benzene rings is 2. The fraction of sp³-hybridized carbons (Fsp3) is 0.348. The molecule has 10 heteroatoms. The van der Waals surface area contributed by atoms with Crippen molar-refractivity contribution in [2.75, 3.05) is 24.9 Å². The van der Waals surface area contributed by atoms with E-state index in [1.165, 1.54) is 25.3 Å². The highest BCUT2D eigenvalue weighted by Crippen LogP contribution is 2.30. The van der Waals surface area contributed by atoms with E-state index in [4.69, 9.17) is 4.74 Å². The van der Waals surface area contributed by atoms with Gasteiger partial charge in [-0.15, -0.1) is 10.2 Å². The van der Waals surface area contributed by atoms with E-state index in [2.05, 4.69) is 14.9 Å². The van der Waals surface area contributed by atoms with Crippen molar-refractivity contribution in [2.24, 2.45) is 0 Å². The highest BCUT2D eigenvalue weighted by Gasteiger charge is 2.25. The van der Waals surface area contributed by atoms with Gasteiger partial charge in [0, 0.05) is 18.7 Å². The summed E-state index contributed by atoms with van der Waals surface area (Å²) in [6.07, 6.45) is 4.05. The fourth-order valence-corrected chi connectivity index (χ4v) is 5.72. The van der Waals surface area contributed by atoms with Crippen molar-refractivity contribution in [1.29, 1.82) is 0 Å². The van der Waals surface area contributed by atoms with E-state index < -0.39 is 10.0 Å². The van der Waals surface area contributed by atoms with Gasteiger partial charge in [-0.05, 0) is 38.0 Å². The van der Waals surface area contributed by atoms with Crippen molar-refractivity contribution in [1.82, 2.24) is 15.1 Å². The predicted molar refractivity (Wildman–Crippen MR) is 128 cm³/mol. The lowest BCUT2D eigenvalue weighted by Crippen LogP contribution is -2.32. The number of hydrogen-bond acceptors (Lipinski definition) is 7. The molecule has 1 aliphatic heterocycles. The largest absolute Gasteiger partial charge is 0.496 e. The van der Waals surface area contributed by atoms with E-state index in [9.17, 15) is 13.2 Å². The summed E-state index contributed by atoms with van der Waals surface area (Å²) in [4.78, 5) is 14.9. The monoisotopic (exact) mass is 486 g/mol. The number of nitrogens with one attached hydrogen (secondary N) is 1. The van der Waals surface area contributed by atoms with Crippen molar-refractivity contribution in [3.05, 3.63) is 53.6 Å². The second-order valence-electron chi connectivity index (χ2n) is 7.95. The van der Waals surface area contributed by atoms with Gasteiger partial charge in [-0.2, -0.15) is 0 Å². The van der Waals surface area contributed by atoms with Crippen LogP contribution in [-0.4, -0.2) is 49.6 Å². The maximum Gasteiger partial charge on any atom is 0.263 e. The quantitative estimate of drug-likeness (QED) is 0.556. The summed E-state index contributed by atoms with van der Waals surface area (Å²) in [6.45, 7) is 3.30. The minimum atomic E-state index is -3.98. The molecule has 0 aliphatic carbocycles. The van der Waals surface area contributed by atoms with Gasteiger partial charge in [0.25, 0.3) is 15.9 Å². The summed E-state index contributed by atoms with van der Waals surface area (Å²) >= 11 is 1.14. The summed E-state index contributed by atoms with van der Waals surface area (Å²) in [5.41, 5.74) is 2.22. The third-order valence-electron chi connectivity index (χ3n) is 5.55. The maximum absolute atomic E-state index is 13.2. The Labute approximate surface area is 197 Å². The van der Waals surface area contributed by atoms with Gasteiger partial charge in [-0.25, -0.2) is 8.42 Å². The van der Waals surface area contributed by atoms with Crippen LogP contribution < -0.4 is 9.46 Å². The lowest BCUT2D eigenvalue weighted by Gasteiger charge is -2.22. The third kappa shape index (κ3) is 5.33. The number of anilines is 1. The summed E-state index contributed by atoms with van der Waals surface area (Å²) in [5, 5.41) is 8.84. The van der Waals surface area contributed by atoms with Crippen molar-refractivity contribution in [3.8, 4) is 16.3 Å². The fourth-order valence-electron chi connectivity index (χ4n) is 3.72. The van der Waals surface area contributed by atoms with E-state index in [0.717, 1.165) is 48.1 Å². The Morgan fingerprint density at radius 2 is 1.73 bits per heavy atom. The smallest absolute Gasteiger partial charge is 0.263 e. The molecule has 0 unspecified atom stereocenters. The van der Waals surface area contributed by atoms with Gasteiger partial charge in [0.05, 0.1) is 17.6 Å². The van der Waals surface area contributed by atoms with Crippen LogP contribution in [0.2, 0.25) is 0 Å². The normalized spacial score (nSPS) is 14.5. The number of ether oxygens (including phenoxy) is 1. The summed E-state index contributed by atoms with van der Waals surface area (Å²) < 4.78 is 34.0. The number of carbonyl (C=O) groups is 1. The number of nitrogens with zero attached hydrogens (tertiary/aromatic N) is 3. The van der Waals surface area contributed by atoms with Gasteiger partial charge in [0.15, 0.2) is 0 Å². The number of aryl methyl sites for hydroxylation is 1. The Balaban J connectivity index is 1.58. The van der Waals surface area contributed by atoms with Crippen molar-refractivity contribution in [2.45, 2.75) is 37.5 Å². The number of hydrogen-bond donors (Lipinski definition) is 1. The molecule has 0 bridgehead atoms. The first-order valence-corrected chi connectivity index (χ1v) is 13.1. The minimum Gasteiger partial charge on any atom is -0.496 e. The van der Waals surface area contributed by atoms with Crippen molar-refractivity contribution >= 4 is 32.4 Å². The van der Waals surface area contributed by atoms with Gasteiger partial charge in [-0.3, -0.25) is 9.52 Å². The second kappa shape index (κ2) is 9.88. The molecule has 1 aromatic heterocycles. The van der Waals surface area contributed by atoms with Gasteiger partial charge < -0.3 is 9.64 Å². The van der Waals surface area contributed by atoms with Crippen LogP contribution in [0.5, 0.6) is 5.75 Å². The molecule has 0 saturated carbocycles. The van der Waals surface area contributed by atoms with Gasteiger partial charge in [-0.1, -0.05) is 54.0 Å². The molecule has 1 saturated heterocycles. The average molecular weight is 487 g/mol. The van der Waals surface area contributed by atoms with Gasteiger partial charge >= 0.3 is 0 Å². The molecule has 1 amide bonds. The molecule has 1 N–H and O–H groups in total. The van der Waals surface area contributed by atoms with E-state index in [1.807, 2.05) is 31.2 Å². The predicted octanol–water partition coefficient (Wildman–Crippen LogP) is 4.34. The van der Waals surface area contributed by atoms with E-state index in [-0.39, 0.29) is 21.5 Å². The average Bonchev–Trinajstić information content (AvgIpc) is 3.09. The summed E-state index contributed by atoms with van der Waals surface area (Å²) in [5.74, 6) is 0.129. The molecule has 33 heavy (non-hydrogen) atoms. The number of rotatable bonds is 6. The molecule has 0 atom stereocenters. The van der Waals surface area contributed by atoms with Gasteiger partial charge in [0.1, 0.15) is 10.8 Å². The highest BCUT2D eigenvalue weighted by atomic mass is 32.2. The van der Waals surface area contributed by atoms with Crippen LogP contribution >= 0.6 is 11.3 Å². The molecule has 174 valence electrons. The Kier molecular flexibility index (Phi) is 6.94. The Hall–Kier alpha value is -2.98.